The molecule has 0 bridgehead atoms. The first-order chi connectivity index (χ1) is 8.68. The van der Waals surface area contributed by atoms with Gasteiger partial charge < -0.3 is 15.2 Å². The molecule has 1 saturated heterocycles. The maximum absolute atomic E-state index is 13.6. The lowest BCUT2D eigenvalue weighted by Gasteiger charge is -2.24. The molecule has 0 saturated carbocycles. The molecule has 1 aromatic rings. The van der Waals surface area contributed by atoms with Gasteiger partial charge in [-0.05, 0) is 30.0 Å². The lowest BCUT2D eigenvalue weighted by molar-refractivity contribution is 0.0248. The summed E-state index contributed by atoms with van der Waals surface area (Å²) >= 11 is 0. The number of halogens is 1. The second-order valence-electron chi connectivity index (χ2n) is 5.31. The molecule has 0 amide bonds. The van der Waals surface area contributed by atoms with Gasteiger partial charge in [0.05, 0.1) is 6.61 Å². The van der Waals surface area contributed by atoms with Crippen molar-refractivity contribution in [2.45, 2.75) is 30.9 Å². The number of nitrogens with one attached hydrogen (secondary N) is 1. The molecule has 3 nitrogen and oxygen atoms in total. The number of hydrogen-bond acceptors (Lipinski definition) is 3. The SMILES string of the molecule is OC1(CNC2CCc3c(F)cccc32)CCOC1. The Morgan fingerprint density at radius 2 is 2.39 bits per heavy atom. The summed E-state index contributed by atoms with van der Waals surface area (Å²) in [6.45, 7) is 1.52. The Balaban J connectivity index is 1.68. The summed E-state index contributed by atoms with van der Waals surface area (Å²) in [4.78, 5) is 0. The third-order valence-corrected chi connectivity index (χ3v) is 3.97. The predicted octanol–water partition coefficient (Wildman–Crippen LogP) is 1.55. The van der Waals surface area contributed by atoms with Gasteiger partial charge in [-0.1, -0.05) is 12.1 Å². The number of ether oxygens (including phenoxy) is 1. The third kappa shape index (κ3) is 2.16. The van der Waals surface area contributed by atoms with E-state index < -0.39 is 5.60 Å². The topological polar surface area (TPSA) is 41.5 Å². The van der Waals surface area contributed by atoms with Crippen LogP contribution in [0.3, 0.4) is 0 Å². The van der Waals surface area contributed by atoms with Crippen LogP contribution >= 0.6 is 0 Å². The van der Waals surface area contributed by atoms with Crippen molar-refractivity contribution in [3.05, 3.63) is 35.1 Å². The van der Waals surface area contributed by atoms with E-state index in [1.165, 1.54) is 6.07 Å². The van der Waals surface area contributed by atoms with Crippen molar-refractivity contribution in [3.8, 4) is 0 Å². The average Bonchev–Trinajstić information content (AvgIpc) is 2.95. The molecular formula is C14H18FNO2. The zero-order chi connectivity index (χ0) is 12.6. The molecule has 2 unspecified atom stereocenters. The summed E-state index contributed by atoms with van der Waals surface area (Å²) in [6, 6.07) is 5.39. The summed E-state index contributed by atoms with van der Waals surface area (Å²) in [6.07, 6.45) is 2.34. The number of fused-ring (bicyclic) bond motifs is 1. The first-order valence-corrected chi connectivity index (χ1v) is 6.49. The summed E-state index contributed by atoms with van der Waals surface area (Å²) in [7, 11) is 0. The smallest absolute Gasteiger partial charge is 0.126 e. The van der Waals surface area contributed by atoms with Crippen LogP contribution in [-0.2, 0) is 11.2 Å². The molecule has 1 aromatic carbocycles. The standard InChI is InChI=1S/C14H18FNO2/c15-12-3-1-2-11-10(12)4-5-13(11)16-8-14(17)6-7-18-9-14/h1-3,13,16-17H,4-9H2. The average molecular weight is 251 g/mol. The van der Waals surface area contributed by atoms with Crippen molar-refractivity contribution in [2.24, 2.45) is 0 Å². The fourth-order valence-corrected chi connectivity index (χ4v) is 2.87. The molecule has 98 valence electrons. The maximum atomic E-state index is 13.6. The minimum atomic E-state index is -0.754. The van der Waals surface area contributed by atoms with Crippen LogP contribution in [0.2, 0.25) is 0 Å². The van der Waals surface area contributed by atoms with Crippen molar-refractivity contribution in [3.63, 3.8) is 0 Å². The lowest BCUT2D eigenvalue weighted by atomic mass is 10.0. The summed E-state index contributed by atoms with van der Waals surface area (Å²) in [5, 5.41) is 13.5. The van der Waals surface area contributed by atoms with Crippen LogP contribution in [0, 0.1) is 5.82 Å². The van der Waals surface area contributed by atoms with Gasteiger partial charge in [0.1, 0.15) is 11.4 Å². The van der Waals surface area contributed by atoms with Gasteiger partial charge >= 0.3 is 0 Å². The van der Waals surface area contributed by atoms with Crippen LogP contribution in [-0.4, -0.2) is 30.5 Å². The summed E-state index contributed by atoms with van der Waals surface area (Å²) in [5.74, 6) is -0.111. The van der Waals surface area contributed by atoms with E-state index >= 15 is 0 Å². The van der Waals surface area contributed by atoms with Gasteiger partial charge in [-0.3, -0.25) is 0 Å². The van der Waals surface area contributed by atoms with Crippen molar-refractivity contribution < 1.29 is 14.2 Å². The van der Waals surface area contributed by atoms with Gasteiger partial charge in [-0.25, -0.2) is 4.39 Å². The highest BCUT2D eigenvalue weighted by Crippen LogP contribution is 2.33. The highest BCUT2D eigenvalue weighted by molar-refractivity contribution is 5.35. The molecule has 2 N–H and O–H groups in total. The minimum Gasteiger partial charge on any atom is -0.386 e. The molecule has 2 aliphatic rings. The Bertz CT molecular complexity index is 443. The summed E-state index contributed by atoms with van der Waals surface area (Å²) < 4.78 is 18.8. The van der Waals surface area contributed by atoms with Crippen molar-refractivity contribution in [1.29, 1.82) is 0 Å². The Morgan fingerprint density at radius 1 is 1.50 bits per heavy atom. The van der Waals surface area contributed by atoms with Gasteiger partial charge in [0.25, 0.3) is 0 Å². The Hall–Kier alpha value is -0.970. The molecule has 4 heteroatoms. The van der Waals surface area contributed by atoms with E-state index in [4.69, 9.17) is 4.74 Å². The number of aliphatic hydroxyl groups is 1. The maximum Gasteiger partial charge on any atom is 0.126 e. The van der Waals surface area contributed by atoms with E-state index in [1.807, 2.05) is 6.07 Å². The first-order valence-electron chi connectivity index (χ1n) is 6.49. The molecule has 0 radical (unpaired) electrons. The monoisotopic (exact) mass is 251 g/mol. The van der Waals surface area contributed by atoms with Gasteiger partial charge in [0.15, 0.2) is 0 Å². The Labute approximate surface area is 106 Å². The number of rotatable bonds is 3. The molecule has 1 heterocycles. The Morgan fingerprint density at radius 3 is 3.17 bits per heavy atom. The van der Waals surface area contributed by atoms with Crippen LogP contribution < -0.4 is 5.32 Å². The molecule has 0 spiro atoms. The lowest BCUT2D eigenvalue weighted by Crippen LogP contribution is -2.42. The zero-order valence-corrected chi connectivity index (χ0v) is 10.3. The third-order valence-electron chi connectivity index (χ3n) is 3.97. The molecule has 2 atom stereocenters. The van der Waals surface area contributed by atoms with Gasteiger partial charge in [-0.2, -0.15) is 0 Å². The summed E-state index contributed by atoms with van der Waals surface area (Å²) in [5.41, 5.74) is 1.11. The second-order valence-corrected chi connectivity index (χ2v) is 5.31. The van der Waals surface area contributed by atoms with Crippen LogP contribution in [0.1, 0.15) is 30.0 Å². The van der Waals surface area contributed by atoms with E-state index in [1.54, 1.807) is 6.07 Å². The molecule has 1 aliphatic carbocycles. The molecular weight excluding hydrogens is 233 g/mol. The largest absolute Gasteiger partial charge is 0.386 e. The highest BCUT2D eigenvalue weighted by Gasteiger charge is 2.34. The number of hydrogen-bond donors (Lipinski definition) is 2. The van der Waals surface area contributed by atoms with Crippen LogP contribution in [0.5, 0.6) is 0 Å². The van der Waals surface area contributed by atoms with E-state index in [0.717, 1.165) is 24.0 Å². The van der Waals surface area contributed by atoms with Gasteiger partial charge in [0, 0.05) is 25.6 Å². The molecule has 18 heavy (non-hydrogen) atoms. The minimum absolute atomic E-state index is 0.111. The molecule has 0 aromatic heterocycles. The van der Waals surface area contributed by atoms with E-state index in [0.29, 0.717) is 26.2 Å². The van der Waals surface area contributed by atoms with E-state index in [9.17, 15) is 9.50 Å². The van der Waals surface area contributed by atoms with E-state index in [2.05, 4.69) is 5.32 Å². The van der Waals surface area contributed by atoms with E-state index in [-0.39, 0.29) is 11.9 Å². The van der Waals surface area contributed by atoms with Crippen molar-refractivity contribution in [1.82, 2.24) is 5.32 Å². The van der Waals surface area contributed by atoms with Crippen LogP contribution in [0.25, 0.3) is 0 Å². The van der Waals surface area contributed by atoms with Crippen LogP contribution in [0.4, 0.5) is 4.39 Å². The van der Waals surface area contributed by atoms with Crippen molar-refractivity contribution in [2.75, 3.05) is 19.8 Å². The quantitative estimate of drug-likeness (QED) is 0.856. The van der Waals surface area contributed by atoms with Gasteiger partial charge in [0.2, 0.25) is 0 Å². The fourth-order valence-electron chi connectivity index (χ4n) is 2.87. The Kier molecular flexibility index (Phi) is 3.09. The fraction of sp³-hybridized carbons (Fsp3) is 0.571. The normalized spacial score (nSPS) is 30.7. The molecule has 3 rings (SSSR count). The predicted molar refractivity (Wildman–Crippen MR) is 65.9 cm³/mol. The molecule has 1 aliphatic heterocycles. The first kappa shape index (κ1) is 12.1. The number of benzene rings is 1. The highest BCUT2D eigenvalue weighted by atomic mass is 19.1. The van der Waals surface area contributed by atoms with Crippen LogP contribution in [0.15, 0.2) is 18.2 Å². The molecule has 1 fully saturated rings. The second kappa shape index (κ2) is 4.61. The van der Waals surface area contributed by atoms with Gasteiger partial charge in [-0.15, -0.1) is 0 Å². The zero-order valence-electron chi connectivity index (χ0n) is 10.3. The van der Waals surface area contributed by atoms with Crippen molar-refractivity contribution >= 4 is 0 Å².